The van der Waals surface area contributed by atoms with Gasteiger partial charge in [-0.2, -0.15) is 0 Å². The lowest BCUT2D eigenvalue weighted by Gasteiger charge is -2.28. The second-order valence-corrected chi connectivity index (χ2v) is 5.56. The van der Waals surface area contributed by atoms with Crippen LogP contribution < -0.4 is 5.32 Å². The number of fused-ring (bicyclic) bond motifs is 1. The Hall–Kier alpha value is -1.53. The van der Waals surface area contributed by atoms with E-state index in [0.717, 1.165) is 31.9 Å². The first-order valence-electron chi connectivity index (χ1n) is 6.93. The molecule has 0 amide bonds. The van der Waals surface area contributed by atoms with Gasteiger partial charge in [0.25, 0.3) is 0 Å². The van der Waals surface area contributed by atoms with Gasteiger partial charge in [-0.25, -0.2) is 19.3 Å². The van der Waals surface area contributed by atoms with Crippen molar-refractivity contribution in [2.24, 2.45) is 0 Å². The van der Waals surface area contributed by atoms with Crippen LogP contribution in [0.4, 0.5) is 10.3 Å². The average Bonchev–Trinajstić information content (AvgIpc) is 2.52. The molecule has 0 saturated heterocycles. The molecule has 0 spiro atoms. The molecule has 2 aromatic heterocycles. The lowest BCUT2D eigenvalue weighted by atomic mass is 9.93. The van der Waals surface area contributed by atoms with Crippen LogP contribution in [0.3, 0.4) is 0 Å². The standard InChI is InChI=1S/C14H16ClFN4O/c1-21-9-4-2-8(3-5-9)19-14-18-6-10-12(20-14)11(16)7-17-13(10)15/h6-9H,2-5H2,1H3,(H,18,19,20)/t8-,9-. The van der Waals surface area contributed by atoms with Gasteiger partial charge in [0.2, 0.25) is 5.95 Å². The fourth-order valence-electron chi connectivity index (χ4n) is 2.65. The van der Waals surface area contributed by atoms with Crippen molar-refractivity contribution in [3.05, 3.63) is 23.4 Å². The predicted octanol–water partition coefficient (Wildman–Crippen LogP) is 3.19. The summed E-state index contributed by atoms with van der Waals surface area (Å²) in [5.41, 5.74) is 0.193. The Morgan fingerprint density at radius 3 is 2.71 bits per heavy atom. The maximum atomic E-state index is 13.8. The van der Waals surface area contributed by atoms with Gasteiger partial charge < -0.3 is 10.1 Å². The van der Waals surface area contributed by atoms with Crippen molar-refractivity contribution in [1.82, 2.24) is 15.0 Å². The number of anilines is 1. The molecule has 0 aliphatic heterocycles. The SMILES string of the molecule is CO[C@H]1CC[C@H](Nc2ncc3c(Cl)ncc(F)c3n2)CC1. The molecule has 1 aliphatic carbocycles. The molecule has 21 heavy (non-hydrogen) atoms. The molecule has 3 rings (SSSR count). The van der Waals surface area contributed by atoms with E-state index >= 15 is 0 Å². The largest absolute Gasteiger partial charge is 0.381 e. The summed E-state index contributed by atoms with van der Waals surface area (Å²) in [7, 11) is 1.74. The van der Waals surface area contributed by atoms with Gasteiger partial charge in [-0.1, -0.05) is 11.6 Å². The van der Waals surface area contributed by atoms with Crippen molar-refractivity contribution in [3.8, 4) is 0 Å². The number of hydrogen-bond donors (Lipinski definition) is 1. The molecule has 0 atom stereocenters. The van der Waals surface area contributed by atoms with Crippen LogP contribution in [0.2, 0.25) is 5.15 Å². The molecule has 0 radical (unpaired) electrons. The zero-order valence-corrected chi connectivity index (χ0v) is 12.4. The Labute approximate surface area is 126 Å². The molecule has 2 heterocycles. The third-order valence-electron chi connectivity index (χ3n) is 3.87. The highest BCUT2D eigenvalue weighted by atomic mass is 35.5. The second kappa shape index (κ2) is 6.07. The highest BCUT2D eigenvalue weighted by molar-refractivity contribution is 6.34. The van der Waals surface area contributed by atoms with Gasteiger partial charge in [0.05, 0.1) is 17.7 Å². The van der Waals surface area contributed by atoms with Crippen LogP contribution in [0.15, 0.2) is 12.4 Å². The molecule has 1 aliphatic rings. The van der Waals surface area contributed by atoms with Crippen molar-refractivity contribution in [2.45, 2.75) is 37.8 Å². The normalized spacial score (nSPS) is 22.4. The van der Waals surface area contributed by atoms with E-state index in [1.54, 1.807) is 7.11 Å². The molecule has 2 aromatic rings. The quantitative estimate of drug-likeness (QED) is 0.882. The minimum absolute atomic E-state index is 0.193. The molecule has 5 nitrogen and oxygen atoms in total. The van der Waals surface area contributed by atoms with Gasteiger partial charge in [-0.05, 0) is 25.7 Å². The van der Waals surface area contributed by atoms with Gasteiger partial charge in [-0.3, -0.25) is 0 Å². The summed E-state index contributed by atoms with van der Waals surface area (Å²) in [4.78, 5) is 12.2. The number of aromatic nitrogens is 3. The number of pyridine rings is 1. The van der Waals surface area contributed by atoms with Gasteiger partial charge in [0, 0.05) is 19.3 Å². The van der Waals surface area contributed by atoms with E-state index in [1.807, 2.05) is 0 Å². The van der Waals surface area contributed by atoms with Gasteiger partial charge in [0.1, 0.15) is 10.7 Å². The molecule has 7 heteroatoms. The van der Waals surface area contributed by atoms with Crippen LogP contribution in [0.1, 0.15) is 25.7 Å². The summed E-state index contributed by atoms with van der Waals surface area (Å²) in [6.07, 6.45) is 6.90. The zero-order chi connectivity index (χ0) is 14.8. The topological polar surface area (TPSA) is 59.9 Å². The summed E-state index contributed by atoms with van der Waals surface area (Å²) < 4.78 is 19.1. The van der Waals surface area contributed by atoms with Crippen molar-refractivity contribution >= 4 is 28.5 Å². The summed E-state index contributed by atoms with van der Waals surface area (Å²) in [6, 6.07) is 0.286. The van der Waals surface area contributed by atoms with E-state index in [9.17, 15) is 4.39 Å². The van der Waals surface area contributed by atoms with E-state index in [-0.39, 0.29) is 16.7 Å². The Kier molecular flexibility index (Phi) is 4.17. The van der Waals surface area contributed by atoms with Crippen molar-refractivity contribution in [1.29, 1.82) is 0 Å². The third kappa shape index (κ3) is 3.06. The van der Waals surface area contributed by atoms with Crippen molar-refractivity contribution < 1.29 is 9.13 Å². The maximum Gasteiger partial charge on any atom is 0.223 e. The number of methoxy groups -OCH3 is 1. The number of rotatable bonds is 3. The van der Waals surface area contributed by atoms with Crippen LogP contribution in [0.5, 0.6) is 0 Å². The highest BCUT2D eigenvalue weighted by Gasteiger charge is 2.21. The molecule has 0 aromatic carbocycles. The molecule has 112 valence electrons. The van der Waals surface area contributed by atoms with Crippen LogP contribution in [0, 0.1) is 5.82 Å². The summed E-state index contributed by atoms with van der Waals surface area (Å²) in [5, 5.41) is 3.88. The lowest BCUT2D eigenvalue weighted by molar-refractivity contribution is 0.0681. The Bertz CT molecular complexity index is 646. The third-order valence-corrected chi connectivity index (χ3v) is 4.17. The minimum atomic E-state index is -0.497. The Balaban J connectivity index is 1.78. The smallest absolute Gasteiger partial charge is 0.223 e. The molecule has 0 bridgehead atoms. The van der Waals surface area contributed by atoms with Crippen LogP contribution in [-0.2, 0) is 4.74 Å². The monoisotopic (exact) mass is 310 g/mol. The molecule has 1 saturated carbocycles. The van der Waals surface area contributed by atoms with Crippen LogP contribution in [-0.4, -0.2) is 34.2 Å². The number of nitrogens with zero attached hydrogens (tertiary/aromatic N) is 3. The van der Waals surface area contributed by atoms with Gasteiger partial charge >= 0.3 is 0 Å². The van der Waals surface area contributed by atoms with E-state index in [0.29, 0.717) is 17.4 Å². The maximum absolute atomic E-state index is 13.8. The number of halogens is 2. The predicted molar refractivity (Wildman–Crippen MR) is 79.0 cm³/mol. The number of ether oxygens (including phenoxy) is 1. The first-order chi connectivity index (χ1) is 10.2. The molecular weight excluding hydrogens is 295 g/mol. The summed E-state index contributed by atoms with van der Waals surface area (Å²) >= 11 is 5.91. The number of nitrogens with one attached hydrogen (secondary N) is 1. The lowest BCUT2D eigenvalue weighted by Crippen LogP contribution is -2.29. The highest BCUT2D eigenvalue weighted by Crippen LogP contribution is 2.25. The number of hydrogen-bond acceptors (Lipinski definition) is 5. The Morgan fingerprint density at radius 1 is 1.24 bits per heavy atom. The first kappa shape index (κ1) is 14.4. The minimum Gasteiger partial charge on any atom is -0.381 e. The van der Waals surface area contributed by atoms with E-state index in [2.05, 4.69) is 20.3 Å². The zero-order valence-electron chi connectivity index (χ0n) is 11.6. The van der Waals surface area contributed by atoms with Gasteiger partial charge in [-0.15, -0.1) is 0 Å². The van der Waals surface area contributed by atoms with E-state index < -0.39 is 5.82 Å². The fraction of sp³-hybridized carbons (Fsp3) is 0.500. The molecule has 1 fully saturated rings. The van der Waals surface area contributed by atoms with Crippen molar-refractivity contribution in [3.63, 3.8) is 0 Å². The Morgan fingerprint density at radius 2 is 2.00 bits per heavy atom. The first-order valence-corrected chi connectivity index (χ1v) is 7.31. The van der Waals surface area contributed by atoms with Gasteiger partial charge in [0.15, 0.2) is 5.82 Å². The summed E-state index contributed by atoms with van der Waals surface area (Å²) in [5.74, 6) is -0.0764. The summed E-state index contributed by atoms with van der Waals surface area (Å²) in [6.45, 7) is 0. The van der Waals surface area contributed by atoms with E-state index in [1.165, 1.54) is 6.20 Å². The average molecular weight is 311 g/mol. The van der Waals surface area contributed by atoms with Crippen LogP contribution in [0.25, 0.3) is 10.9 Å². The van der Waals surface area contributed by atoms with Crippen LogP contribution >= 0.6 is 11.6 Å². The van der Waals surface area contributed by atoms with E-state index in [4.69, 9.17) is 16.3 Å². The fourth-order valence-corrected chi connectivity index (χ4v) is 2.84. The molecule has 1 N–H and O–H groups in total. The van der Waals surface area contributed by atoms with Crippen molar-refractivity contribution in [2.75, 3.05) is 12.4 Å². The molecular formula is C14H16ClFN4O. The second-order valence-electron chi connectivity index (χ2n) is 5.21. The molecule has 0 unspecified atom stereocenters.